The van der Waals surface area contributed by atoms with E-state index >= 15 is 0 Å². The smallest absolute Gasteiger partial charge is 0.414 e. The molecule has 0 saturated heterocycles. The molecule has 4 nitrogen and oxygen atoms in total. The molecular weight excluding hydrogens is 230 g/mol. The molecule has 0 N–H and O–H groups in total. The van der Waals surface area contributed by atoms with Gasteiger partial charge in [0.2, 0.25) is 0 Å². The lowest BCUT2D eigenvalue weighted by atomic mass is 10.1. The third-order valence-electron chi connectivity index (χ3n) is 2.80. The fourth-order valence-electron chi connectivity index (χ4n) is 1.99. The van der Waals surface area contributed by atoms with Crippen molar-refractivity contribution in [2.24, 2.45) is 0 Å². The van der Waals surface area contributed by atoms with Crippen molar-refractivity contribution >= 4 is 11.8 Å². The average molecular weight is 249 g/mol. The topological polar surface area (TPSA) is 38.8 Å². The molecule has 1 heterocycles. The molecule has 0 aromatic heterocycles. The molecule has 1 amide bonds. The van der Waals surface area contributed by atoms with E-state index in [9.17, 15) is 4.79 Å². The lowest BCUT2D eigenvalue weighted by Gasteiger charge is -2.24. The minimum absolute atomic E-state index is 0.297. The summed E-state index contributed by atoms with van der Waals surface area (Å²) in [6.45, 7) is 6.27. The fraction of sp³-hybridized carbons (Fsp3) is 0.500. The lowest BCUT2D eigenvalue weighted by Crippen LogP contribution is -2.35. The van der Waals surface area contributed by atoms with Crippen LogP contribution >= 0.6 is 0 Å². The maximum atomic E-state index is 12.1. The van der Waals surface area contributed by atoms with E-state index < -0.39 is 5.60 Å². The van der Waals surface area contributed by atoms with Crippen LogP contribution in [0, 0.1) is 0 Å². The van der Waals surface area contributed by atoms with Gasteiger partial charge in [-0.05, 0) is 38.8 Å². The number of benzene rings is 1. The van der Waals surface area contributed by atoms with Gasteiger partial charge in [-0.1, -0.05) is 6.07 Å². The zero-order chi connectivity index (χ0) is 13.3. The van der Waals surface area contributed by atoms with Crippen LogP contribution in [0.1, 0.15) is 26.3 Å². The van der Waals surface area contributed by atoms with Gasteiger partial charge in [0.05, 0.1) is 12.8 Å². The molecule has 0 unspecified atom stereocenters. The largest absolute Gasteiger partial charge is 0.497 e. The first kappa shape index (κ1) is 12.7. The average Bonchev–Trinajstić information content (AvgIpc) is 2.69. The normalized spacial score (nSPS) is 14.3. The molecule has 98 valence electrons. The van der Waals surface area contributed by atoms with Crippen molar-refractivity contribution in [1.29, 1.82) is 0 Å². The van der Waals surface area contributed by atoms with Crippen LogP contribution in [0.15, 0.2) is 18.2 Å². The highest BCUT2D eigenvalue weighted by Gasteiger charge is 2.29. The molecule has 1 aromatic carbocycles. The number of fused-ring (bicyclic) bond motifs is 1. The number of carbonyl (C=O) groups excluding carboxylic acids is 1. The lowest BCUT2D eigenvalue weighted by molar-refractivity contribution is 0.0584. The maximum absolute atomic E-state index is 12.1. The highest BCUT2D eigenvalue weighted by molar-refractivity contribution is 5.90. The van der Waals surface area contributed by atoms with Crippen molar-refractivity contribution in [3.63, 3.8) is 0 Å². The molecule has 0 fully saturated rings. The van der Waals surface area contributed by atoms with Gasteiger partial charge in [-0.25, -0.2) is 4.79 Å². The van der Waals surface area contributed by atoms with Crippen LogP contribution in [0.5, 0.6) is 5.75 Å². The summed E-state index contributed by atoms with van der Waals surface area (Å²) in [7, 11) is 1.62. The predicted molar refractivity (Wildman–Crippen MR) is 70.3 cm³/mol. The Morgan fingerprint density at radius 3 is 2.67 bits per heavy atom. The first-order valence-electron chi connectivity index (χ1n) is 6.08. The molecule has 0 atom stereocenters. The van der Waals surface area contributed by atoms with E-state index in [0.717, 1.165) is 23.4 Å². The fourth-order valence-corrected chi connectivity index (χ4v) is 1.99. The van der Waals surface area contributed by atoms with Gasteiger partial charge >= 0.3 is 6.09 Å². The molecule has 0 saturated carbocycles. The van der Waals surface area contributed by atoms with Gasteiger partial charge < -0.3 is 9.47 Å². The first-order valence-corrected chi connectivity index (χ1v) is 6.08. The molecule has 4 heteroatoms. The Morgan fingerprint density at radius 1 is 1.33 bits per heavy atom. The minimum atomic E-state index is -0.474. The number of amides is 1. The van der Waals surface area contributed by atoms with Crippen molar-refractivity contribution in [1.82, 2.24) is 0 Å². The summed E-state index contributed by atoms with van der Waals surface area (Å²) in [6.07, 6.45) is 0.563. The molecule has 0 spiro atoms. The summed E-state index contributed by atoms with van der Waals surface area (Å²) in [6, 6.07) is 5.79. The van der Waals surface area contributed by atoms with E-state index in [4.69, 9.17) is 9.47 Å². The predicted octanol–water partition coefficient (Wildman–Crippen LogP) is 2.99. The van der Waals surface area contributed by atoms with Gasteiger partial charge in [0.15, 0.2) is 0 Å². The number of rotatable bonds is 1. The Hall–Kier alpha value is -1.71. The van der Waals surface area contributed by atoms with Crippen molar-refractivity contribution in [3.05, 3.63) is 23.8 Å². The van der Waals surface area contributed by atoms with Crippen LogP contribution in [-0.2, 0) is 11.2 Å². The van der Waals surface area contributed by atoms with Gasteiger partial charge in [-0.15, -0.1) is 0 Å². The van der Waals surface area contributed by atoms with Crippen LogP contribution in [0.2, 0.25) is 0 Å². The van der Waals surface area contributed by atoms with Gasteiger partial charge in [0, 0.05) is 12.6 Å². The Bertz CT molecular complexity index is 463. The number of anilines is 1. The van der Waals surface area contributed by atoms with E-state index in [-0.39, 0.29) is 6.09 Å². The van der Waals surface area contributed by atoms with Crippen LogP contribution in [-0.4, -0.2) is 25.3 Å². The summed E-state index contributed by atoms with van der Waals surface area (Å²) < 4.78 is 10.6. The molecule has 1 aliphatic heterocycles. The second-order valence-corrected chi connectivity index (χ2v) is 5.38. The quantitative estimate of drug-likeness (QED) is 0.768. The highest BCUT2D eigenvalue weighted by Crippen LogP contribution is 2.32. The van der Waals surface area contributed by atoms with Crippen LogP contribution < -0.4 is 9.64 Å². The molecule has 0 radical (unpaired) electrons. The van der Waals surface area contributed by atoms with Crippen LogP contribution in [0.4, 0.5) is 10.5 Å². The standard InChI is InChI=1S/C14H19NO3/c1-14(2,3)18-13(16)15-8-7-10-5-6-11(17-4)9-12(10)15/h5-6,9H,7-8H2,1-4H3. The Kier molecular flexibility index (Phi) is 3.20. The number of nitrogens with zero attached hydrogens (tertiary/aromatic N) is 1. The van der Waals surface area contributed by atoms with Crippen molar-refractivity contribution in [2.75, 3.05) is 18.6 Å². The Morgan fingerprint density at radius 2 is 2.06 bits per heavy atom. The number of methoxy groups -OCH3 is 1. The number of carbonyl (C=O) groups is 1. The van der Waals surface area contributed by atoms with E-state index in [0.29, 0.717) is 6.54 Å². The third-order valence-corrected chi connectivity index (χ3v) is 2.80. The van der Waals surface area contributed by atoms with E-state index in [1.165, 1.54) is 0 Å². The van der Waals surface area contributed by atoms with Gasteiger partial charge in [0.1, 0.15) is 11.4 Å². The zero-order valence-corrected chi connectivity index (χ0v) is 11.3. The van der Waals surface area contributed by atoms with Gasteiger partial charge in [0.25, 0.3) is 0 Å². The third kappa shape index (κ3) is 2.58. The maximum Gasteiger partial charge on any atom is 0.414 e. The van der Waals surface area contributed by atoms with Crippen molar-refractivity contribution < 1.29 is 14.3 Å². The monoisotopic (exact) mass is 249 g/mol. The minimum Gasteiger partial charge on any atom is -0.497 e. The molecule has 0 bridgehead atoms. The van der Waals surface area contributed by atoms with Crippen molar-refractivity contribution in [3.8, 4) is 5.75 Å². The second kappa shape index (κ2) is 4.52. The van der Waals surface area contributed by atoms with Gasteiger partial charge in [-0.3, -0.25) is 4.90 Å². The summed E-state index contributed by atoms with van der Waals surface area (Å²) in [5.74, 6) is 0.754. The summed E-state index contributed by atoms with van der Waals surface area (Å²) in [5.41, 5.74) is 1.57. The molecule has 0 aliphatic carbocycles. The number of hydrogen-bond acceptors (Lipinski definition) is 3. The molecule has 1 aromatic rings. The van der Waals surface area contributed by atoms with Crippen LogP contribution in [0.3, 0.4) is 0 Å². The Balaban J connectivity index is 2.22. The SMILES string of the molecule is COc1ccc2c(c1)N(C(=O)OC(C)(C)C)CC2. The summed E-state index contributed by atoms with van der Waals surface area (Å²) in [5, 5.41) is 0. The second-order valence-electron chi connectivity index (χ2n) is 5.38. The van der Waals surface area contributed by atoms with E-state index in [2.05, 4.69) is 0 Å². The number of hydrogen-bond donors (Lipinski definition) is 0. The van der Waals surface area contributed by atoms with E-state index in [1.807, 2.05) is 39.0 Å². The molecular formula is C14H19NO3. The molecule has 2 rings (SSSR count). The van der Waals surface area contributed by atoms with E-state index in [1.54, 1.807) is 12.0 Å². The Labute approximate surface area is 107 Å². The summed E-state index contributed by atoms with van der Waals surface area (Å²) >= 11 is 0. The number of ether oxygens (including phenoxy) is 2. The van der Waals surface area contributed by atoms with Crippen molar-refractivity contribution in [2.45, 2.75) is 32.8 Å². The first-order chi connectivity index (χ1) is 8.40. The summed E-state index contributed by atoms with van der Waals surface area (Å²) in [4.78, 5) is 13.8. The molecule has 18 heavy (non-hydrogen) atoms. The van der Waals surface area contributed by atoms with Gasteiger partial charge in [-0.2, -0.15) is 0 Å². The zero-order valence-electron chi connectivity index (χ0n) is 11.3. The highest BCUT2D eigenvalue weighted by atomic mass is 16.6. The van der Waals surface area contributed by atoms with Crippen LogP contribution in [0.25, 0.3) is 0 Å². The molecule has 1 aliphatic rings.